The SMILES string of the molecule is CCOc1ccc(Oc2nc(COCC(C)(C)C)ccc2F)cc1. The first kappa shape index (κ1) is 18.2. The average molecular weight is 333 g/mol. The zero-order valence-corrected chi connectivity index (χ0v) is 14.6. The molecule has 130 valence electrons. The number of rotatable bonds is 7. The Bertz CT molecular complexity index is 651. The Kier molecular flexibility index (Phi) is 6.15. The maximum absolute atomic E-state index is 13.9. The smallest absolute Gasteiger partial charge is 0.256 e. The van der Waals surface area contributed by atoms with Crippen molar-refractivity contribution in [1.29, 1.82) is 0 Å². The molecular weight excluding hydrogens is 309 g/mol. The summed E-state index contributed by atoms with van der Waals surface area (Å²) in [5, 5.41) is 0. The van der Waals surface area contributed by atoms with Crippen LogP contribution in [0.2, 0.25) is 0 Å². The molecule has 2 rings (SSSR count). The average Bonchev–Trinajstić information content (AvgIpc) is 2.51. The van der Waals surface area contributed by atoms with Gasteiger partial charge in [0.2, 0.25) is 0 Å². The molecule has 0 aliphatic heterocycles. The summed E-state index contributed by atoms with van der Waals surface area (Å²) < 4.78 is 30.4. The standard InChI is InChI=1S/C19H24FNO3/c1-5-23-15-7-9-16(10-8-15)24-18-17(20)11-6-14(21-18)12-22-13-19(2,3)4/h6-11H,5,12-13H2,1-4H3. The first-order valence-electron chi connectivity index (χ1n) is 8.01. The molecule has 1 heterocycles. The van der Waals surface area contributed by atoms with Gasteiger partial charge in [0.15, 0.2) is 5.82 Å². The molecule has 2 aromatic rings. The zero-order valence-electron chi connectivity index (χ0n) is 14.6. The number of nitrogens with zero attached hydrogens (tertiary/aromatic N) is 1. The highest BCUT2D eigenvalue weighted by atomic mass is 19.1. The van der Waals surface area contributed by atoms with Gasteiger partial charge in [-0.2, -0.15) is 0 Å². The van der Waals surface area contributed by atoms with E-state index in [4.69, 9.17) is 14.2 Å². The molecular formula is C19H24FNO3. The highest BCUT2D eigenvalue weighted by molar-refractivity contribution is 5.34. The van der Waals surface area contributed by atoms with E-state index in [1.54, 1.807) is 30.3 Å². The van der Waals surface area contributed by atoms with E-state index < -0.39 is 5.82 Å². The largest absolute Gasteiger partial charge is 0.494 e. The van der Waals surface area contributed by atoms with E-state index in [9.17, 15) is 4.39 Å². The fourth-order valence-corrected chi connectivity index (χ4v) is 1.96. The molecule has 0 spiro atoms. The molecule has 1 aromatic heterocycles. The molecule has 0 radical (unpaired) electrons. The third-order valence-electron chi connectivity index (χ3n) is 3.01. The van der Waals surface area contributed by atoms with Crippen LogP contribution in [0.5, 0.6) is 17.4 Å². The highest BCUT2D eigenvalue weighted by Gasteiger charge is 2.12. The number of aromatic nitrogens is 1. The van der Waals surface area contributed by atoms with E-state index in [0.29, 0.717) is 31.3 Å². The third-order valence-corrected chi connectivity index (χ3v) is 3.01. The summed E-state index contributed by atoms with van der Waals surface area (Å²) >= 11 is 0. The Labute approximate surface area is 142 Å². The minimum Gasteiger partial charge on any atom is -0.494 e. The fourth-order valence-electron chi connectivity index (χ4n) is 1.96. The summed E-state index contributed by atoms with van der Waals surface area (Å²) in [6, 6.07) is 9.92. The van der Waals surface area contributed by atoms with Gasteiger partial charge >= 0.3 is 0 Å². The predicted octanol–water partition coefficient (Wildman–Crippen LogP) is 4.97. The number of halogens is 1. The first-order chi connectivity index (χ1) is 11.4. The minimum absolute atomic E-state index is 0.0592. The Hall–Kier alpha value is -2.14. The number of hydrogen-bond acceptors (Lipinski definition) is 4. The van der Waals surface area contributed by atoms with E-state index in [1.807, 2.05) is 6.92 Å². The molecule has 0 saturated carbocycles. The van der Waals surface area contributed by atoms with Crippen LogP contribution < -0.4 is 9.47 Å². The summed E-state index contributed by atoms with van der Waals surface area (Å²) in [5.74, 6) is 0.666. The molecule has 0 unspecified atom stereocenters. The molecule has 0 amide bonds. The first-order valence-corrected chi connectivity index (χ1v) is 8.01. The van der Waals surface area contributed by atoms with Crippen molar-refractivity contribution in [3.05, 3.63) is 47.9 Å². The third kappa shape index (κ3) is 5.81. The van der Waals surface area contributed by atoms with Crippen molar-refractivity contribution < 1.29 is 18.6 Å². The van der Waals surface area contributed by atoms with Crippen molar-refractivity contribution in [2.24, 2.45) is 5.41 Å². The van der Waals surface area contributed by atoms with Crippen molar-refractivity contribution in [3.63, 3.8) is 0 Å². The minimum atomic E-state index is -0.511. The second-order valence-corrected chi connectivity index (χ2v) is 6.65. The summed E-state index contributed by atoms with van der Waals surface area (Å²) in [4.78, 5) is 4.19. The van der Waals surface area contributed by atoms with Crippen molar-refractivity contribution >= 4 is 0 Å². The number of hydrogen-bond donors (Lipinski definition) is 0. The Morgan fingerprint density at radius 3 is 2.29 bits per heavy atom. The molecule has 5 heteroatoms. The van der Waals surface area contributed by atoms with Gasteiger partial charge in [0, 0.05) is 0 Å². The summed E-state index contributed by atoms with van der Waals surface area (Å²) in [7, 11) is 0. The number of ether oxygens (including phenoxy) is 3. The topological polar surface area (TPSA) is 40.6 Å². The number of benzene rings is 1. The maximum atomic E-state index is 13.9. The second-order valence-electron chi connectivity index (χ2n) is 6.65. The van der Waals surface area contributed by atoms with Crippen LogP contribution >= 0.6 is 0 Å². The summed E-state index contributed by atoms with van der Waals surface area (Å²) in [6.07, 6.45) is 0. The molecule has 0 aliphatic carbocycles. The van der Waals surface area contributed by atoms with Gasteiger partial charge in [-0.1, -0.05) is 20.8 Å². The fraction of sp³-hybridized carbons (Fsp3) is 0.421. The normalized spacial score (nSPS) is 11.4. The van der Waals surface area contributed by atoms with Gasteiger partial charge in [-0.15, -0.1) is 0 Å². The molecule has 0 bridgehead atoms. The molecule has 4 nitrogen and oxygen atoms in total. The van der Waals surface area contributed by atoms with Gasteiger partial charge in [-0.05, 0) is 48.7 Å². The monoisotopic (exact) mass is 333 g/mol. The van der Waals surface area contributed by atoms with Crippen LogP contribution in [0.25, 0.3) is 0 Å². The van der Waals surface area contributed by atoms with Crippen LogP contribution in [0.3, 0.4) is 0 Å². The lowest BCUT2D eigenvalue weighted by molar-refractivity contribution is 0.0578. The molecule has 1 aromatic carbocycles. The molecule has 0 fully saturated rings. The Morgan fingerprint density at radius 1 is 1.00 bits per heavy atom. The lowest BCUT2D eigenvalue weighted by atomic mass is 9.99. The van der Waals surface area contributed by atoms with Gasteiger partial charge in [-0.25, -0.2) is 9.37 Å². The van der Waals surface area contributed by atoms with E-state index in [1.165, 1.54) is 6.07 Å². The van der Waals surface area contributed by atoms with Crippen molar-refractivity contribution in [2.45, 2.75) is 34.3 Å². The van der Waals surface area contributed by atoms with E-state index in [0.717, 1.165) is 5.75 Å². The van der Waals surface area contributed by atoms with Gasteiger partial charge in [0.05, 0.1) is 25.5 Å². The Balaban J connectivity index is 2.02. The van der Waals surface area contributed by atoms with Crippen LogP contribution in [0.1, 0.15) is 33.4 Å². The van der Waals surface area contributed by atoms with Crippen molar-refractivity contribution in [3.8, 4) is 17.4 Å². The number of pyridine rings is 1. The van der Waals surface area contributed by atoms with Gasteiger partial charge in [0.25, 0.3) is 5.88 Å². The zero-order chi connectivity index (χ0) is 17.6. The summed E-state index contributed by atoms with van der Waals surface area (Å²) in [6.45, 7) is 9.69. The molecule has 0 atom stereocenters. The molecule has 24 heavy (non-hydrogen) atoms. The van der Waals surface area contributed by atoms with Crippen LogP contribution in [0.15, 0.2) is 36.4 Å². The van der Waals surface area contributed by atoms with E-state index in [-0.39, 0.29) is 11.3 Å². The van der Waals surface area contributed by atoms with Crippen LogP contribution in [0.4, 0.5) is 4.39 Å². The van der Waals surface area contributed by atoms with Gasteiger partial charge in [-0.3, -0.25) is 0 Å². The van der Waals surface area contributed by atoms with E-state index in [2.05, 4.69) is 25.8 Å². The molecule has 0 aliphatic rings. The maximum Gasteiger partial charge on any atom is 0.256 e. The van der Waals surface area contributed by atoms with Crippen LogP contribution in [-0.2, 0) is 11.3 Å². The molecule has 0 saturated heterocycles. The highest BCUT2D eigenvalue weighted by Crippen LogP contribution is 2.25. The van der Waals surface area contributed by atoms with Gasteiger partial charge in [0.1, 0.15) is 11.5 Å². The predicted molar refractivity (Wildman–Crippen MR) is 91.0 cm³/mol. The summed E-state index contributed by atoms with van der Waals surface area (Å²) in [5.41, 5.74) is 0.698. The van der Waals surface area contributed by atoms with Crippen LogP contribution in [0, 0.1) is 11.2 Å². The van der Waals surface area contributed by atoms with Gasteiger partial charge < -0.3 is 14.2 Å². The van der Waals surface area contributed by atoms with Crippen LogP contribution in [-0.4, -0.2) is 18.2 Å². The van der Waals surface area contributed by atoms with Crippen molar-refractivity contribution in [2.75, 3.05) is 13.2 Å². The quantitative estimate of drug-likeness (QED) is 0.717. The van der Waals surface area contributed by atoms with Crippen molar-refractivity contribution in [1.82, 2.24) is 4.98 Å². The lowest BCUT2D eigenvalue weighted by Gasteiger charge is -2.17. The van der Waals surface area contributed by atoms with E-state index >= 15 is 0 Å². The molecule has 0 N–H and O–H groups in total. The second kappa shape index (κ2) is 8.11. The lowest BCUT2D eigenvalue weighted by Crippen LogP contribution is -2.14. The Morgan fingerprint density at radius 2 is 1.67 bits per heavy atom.